The predicted octanol–water partition coefficient (Wildman–Crippen LogP) is 4.54. The smallest absolute Gasteiger partial charge is 0.0659 e. The fourth-order valence-corrected chi connectivity index (χ4v) is 3.17. The topological polar surface area (TPSA) is 40.5 Å². The van der Waals surface area contributed by atoms with Crippen molar-refractivity contribution in [3.63, 3.8) is 0 Å². The standard InChI is InChI=1S/C21H15N3/c1-2-15-9-14(1)10-16-3-5-18(22-16)12-20-7-8-21(24-20)13-19-6-4-17(11-15)23-19/h1-8,10-13,22H,9H2. The Morgan fingerprint density at radius 1 is 0.625 bits per heavy atom. The molecule has 0 amide bonds. The molecule has 1 aromatic heterocycles. The van der Waals surface area contributed by atoms with E-state index in [2.05, 4.69) is 63.6 Å². The van der Waals surface area contributed by atoms with Crippen LogP contribution in [0.4, 0.5) is 0 Å². The molecule has 3 aliphatic heterocycles. The van der Waals surface area contributed by atoms with E-state index in [0.717, 1.165) is 40.6 Å². The van der Waals surface area contributed by atoms with E-state index < -0.39 is 0 Å². The highest BCUT2D eigenvalue weighted by molar-refractivity contribution is 6.11. The van der Waals surface area contributed by atoms with Crippen LogP contribution in [0.15, 0.2) is 93.3 Å². The number of nitrogens with one attached hydrogen (secondary N) is 1. The number of H-pyrrole nitrogens is 1. The Morgan fingerprint density at radius 2 is 1.25 bits per heavy atom. The second-order valence-electron chi connectivity index (χ2n) is 6.20. The van der Waals surface area contributed by atoms with Crippen molar-refractivity contribution in [2.24, 2.45) is 9.98 Å². The number of aromatic amines is 1. The largest absolute Gasteiger partial charge is 0.355 e. The molecule has 114 valence electrons. The molecule has 0 radical (unpaired) electrons. The number of rotatable bonds is 0. The molecule has 3 nitrogen and oxygen atoms in total. The van der Waals surface area contributed by atoms with Crippen molar-refractivity contribution in [3.05, 3.63) is 94.7 Å². The summed E-state index contributed by atoms with van der Waals surface area (Å²) in [5, 5.41) is 0. The number of nitrogens with zero attached hydrogens (tertiary/aromatic N) is 2. The minimum Gasteiger partial charge on any atom is -0.355 e. The van der Waals surface area contributed by atoms with Gasteiger partial charge in [0.2, 0.25) is 0 Å². The molecule has 1 N–H and O–H groups in total. The molecule has 0 spiro atoms. The Kier molecular flexibility index (Phi) is 2.85. The van der Waals surface area contributed by atoms with Crippen LogP contribution < -0.4 is 0 Å². The van der Waals surface area contributed by atoms with Crippen molar-refractivity contribution < 1.29 is 0 Å². The summed E-state index contributed by atoms with van der Waals surface area (Å²) in [6.45, 7) is 0. The molecule has 0 aromatic carbocycles. The van der Waals surface area contributed by atoms with Gasteiger partial charge in [-0.1, -0.05) is 12.2 Å². The molecular weight excluding hydrogens is 294 g/mol. The Bertz CT molecular complexity index is 1010. The van der Waals surface area contributed by atoms with Gasteiger partial charge in [-0.3, -0.25) is 0 Å². The molecule has 0 fully saturated rings. The van der Waals surface area contributed by atoms with Gasteiger partial charge in [-0.25, -0.2) is 9.98 Å². The Morgan fingerprint density at radius 3 is 2.04 bits per heavy atom. The second kappa shape index (κ2) is 5.17. The summed E-state index contributed by atoms with van der Waals surface area (Å²) in [6, 6.07) is 4.19. The normalized spacial score (nSPS) is 20.5. The van der Waals surface area contributed by atoms with Gasteiger partial charge in [0.15, 0.2) is 0 Å². The van der Waals surface area contributed by atoms with E-state index in [-0.39, 0.29) is 0 Å². The lowest BCUT2D eigenvalue weighted by Gasteiger charge is -1.97. The molecule has 0 unspecified atom stereocenters. The number of fused-ring (bicyclic) bond motifs is 6. The van der Waals surface area contributed by atoms with Gasteiger partial charge in [-0.2, -0.15) is 0 Å². The maximum absolute atomic E-state index is 4.66. The van der Waals surface area contributed by atoms with Gasteiger partial charge in [-0.15, -0.1) is 0 Å². The highest BCUT2D eigenvalue weighted by Gasteiger charge is 2.11. The number of aliphatic imine (C=N–C) groups is 2. The summed E-state index contributed by atoms with van der Waals surface area (Å²) in [5.41, 5.74) is 8.57. The summed E-state index contributed by atoms with van der Waals surface area (Å²) in [4.78, 5) is 12.7. The second-order valence-corrected chi connectivity index (χ2v) is 6.20. The SMILES string of the molecule is C1=CC2=Cc3ccc([nH]3)C=C3C=CC(=N3)C=C3C=CC(=N3)C=C1C2. The van der Waals surface area contributed by atoms with E-state index in [4.69, 9.17) is 0 Å². The molecule has 0 saturated carbocycles. The lowest BCUT2D eigenvalue weighted by molar-refractivity contribution is 1.27. The monoisotopic (exact) mass is 309 g/mol. The Hall–Kier alpha value is -3.20. The van der Waals surface area contributed by atoms with Crippen LogP contribution in [0.2, 0.25) is 0 Å². The van der Waals surface area contributed by atoms with Crippen molar-refractivity contribution in [1.29, 1.82) is 0 Å². The molecule has 0 saturated heterocycles. The van der Waals surface area contributed by atoms with E-state index >= 15 is 0 Å². The van der Waals surface area contributed by atoms with Crippen LogP contribution in [-0.2, 0) is 0 Å². The first-order chi connectivity index (χ1) is 11.8. The van der Waals surface area contributed by atoms with Crippen LogP contribution >= 0.6 is 0 Å². The average molecular weight is 309 g/mol. The van der Waals surface area contributed by atoms with Gasteiger partial charge in [0.1, 0.15) is 0 Å². The lowest BCUT2D eigenvalue weighted by atomic mass is 10.1. The summed E-state index contributed by atoms with van der Waals surface area (Å²) in [6.07, 6.45) is 21.8. The minimum absolute atomic E-state index is 0.931. The van der Waals surface area contributed by atoms with Crippen molar-refractivity contribution in [3.8, 4) is 0 Å². The number of hydrogen-bond acceptors (Lipinski definition) is 2. The molecule has 0 atom stereocenters. The van der Waals surface area contributed by atoms with Crippen LogP contribution in [0.1, 0.15) is 17.8 Å². The first-order valence-corrected chi connectivity index (χ1v) is 8.05. The molecule has 8 bridgehead atoms. The van der Waals surface area contributed by atoms with E-state index in [1.165, 1.54) is 11.1 Å². The lowest BCUT2D eigenvalue weighted by Crippen LogP contribution is -1.87. The van der Waals surface area contributed by atoms with Crippen LogP contribution in [0.5, 0.6) is 0 Å². The van der Waals surface area contributed by atoms with Gasteiger partial charge < -0.3 is 4.98 Å². The van der Waals surface area contributed by atoms with Gasteiger partial charge in [0.25, 0.3) is 0 Å². The van der Waals surface area contributed by atoms with Crippen LogP contribution in [0.25, 0.3) is 12.2 Å². The minimum atomic E-state index is 0.931. The molecule has 3 heteroatoms. The predicted molar refractivity (Wildman–Crippen MR) is 99.8 cm³/mol. The van der Waals surface area contributed by atoms with Crippen LogP contribution in [0.3, 0.4) is 0 Å². The zero-order valence-electron chi connectivity index (χ0n) is 13.0. The van der Waals surface area contributed by atoms with Gasteiger partial charge in [0, 0.05) is 11.4 Å². The van der Waals surface area contributed by atoms with Crippen LogP contribution in [-0.4, -0.2) is 16.4 Å². The third-order valence-corrected chi connectivity index (χ3v) is 4.29. The number of allylic oxidation sites excluding steroid dienone is 10. The van der Waals surface area contributed by atoms with Crippen molar-refractivity contribution >= 4 is 23.6 Å². The summed E-state index contributed by atoms with van der Waals surface area (Å²) in [5.74, 6) is 0. The summed E-state index contributed by atoms with van der Waals surface area (Å²) in [7, 11) is 0. The fraction of sp³-hybridized carbons (Fsp3) is 0.0476. The van der Waals surface area contributed by atoms with Crippen molar-refractivity contribution in [1.82, 2.24) is 4.98 Å². The zero-order valence-corrected chi connectivity index (χ0v) is 13.0. The third kappa shape index (κ3) is 2.50. The van der Waals surface area contributed by atoms with E-state index in [1.807, 2.05) is 24.3 Å². The molecule has 5 rings (SSSR count). The number of aromatic nitrogens is 1. The molecule has 1 aromatic rings. The first kappa shape index (κ1) is 13.3. The maximum atomic E-state index is 4.66. The molecule has 1 aliphatic carbocycles. The van der Waals surface area contributed by atoms with E-state index in [9.17, 15) is 0 Å². The molecule has 4 aliphatic rings. The third-order valence-electron chi connectivity index (χ3n) is 4.29. The first-order valence-electron chi connectivity index (χ1n) is 8.05. The maximum Gasteiger partial charge on any atom is 0.0659 e. The van der Waals surface area contributed by atoms with E-state index in [0.29, 0.717) is 0 Å². The average Bonchev–Trinajstić information content (AvgIpc) is 3.32. The summed E-state index contributed by atoms with van der Waals surface area (Å²) < 4.78 is 0. The van der Waals surface area contributed by atoms with Crippen LogP contribution in [0, 0.1) is 0 Å². The van der Waals surface area contributed by atoms with Gasteiger partial charge in [0.05, 0.1) is 22.8 Å². The summed E-state index contributed by atoms with van der Waals surface area (Å²) >= 11 is 0. The quantitative estimate of drug-likeness (QED) is 0.731. The van der Waals surface area contributed by atoms with Gasteiger partial charge in [-0.05, 0) is 78.3 Å². The highest BCUT2D eigenvalue weighted by Crippen LogP contribution is 2.26. The Labute approximate surface area is 140 Å². The number of hydrogen-bond donors (Lipinski definition) is 1. The van der Waals surface area contributed by atoms with E-state index in [1.54, 1.807) is 0 Å². The Balaban J connectivity index is 1.64. The van der Waals surface area contributed by atoms with Crippen molar-refractivity contribution in [2.45, 2.75) is 6.42 Å². The molecule has 4 heterocycles. The fourth-order valence-electron chi connectivity index (χ4n) is 3.17. The van der Waals surface area contributed by atoms with Gasteiger partial charge >= 0.3 is 0 Å². The highest BCUT2D eigenvalue weighted by atomic mass is 14.8. The van der Waals surface area contributed by atoms with Crippen molar-refractivity contribution in [2.75, 3.05) is 0 Å². The molecular formula is C21H15N3. The molecule has 24 heavy (non-hydrogen) atoms. The zero-order chi connectivity index (χ0) is 15.9.